The molecule has 3 aliphatic rings. The first-order valence-electron chi connectivity index (χ1n) is 11.9. The molecule has 2 bridgehead atoms. The number of fused-ring (bicyclic) bond motifs is 1. The van der Waals surface area contributed by atoms with Gasteiger partial charge in [0.1, 0.15) is 6.04 Å². The van der Waals surface area contributed by atoms with Crippen molar-refractivity contribution in [2.75, 3.05) is 13.2 Å². The summed E-state index contributed by atoms with van der Waals surface area (Å²) in [5, 5.41) is 20.1. The van der Waals surface area contributed by atoms with Crippen molar-refractivity contribution in [2.45, 2.75) is 87.9 Å². The molecular weight excluding hydrogens is 428 g/mol. The molecule has 3 heterocycles. The highest BCUT2D eigenvalue weighted by atomic mass is 32.2. The Morgan fingerprint density at radius 3 is 2.59 bits per heavy atom. The van der Waals surface area contributed by atoms with E-state index >= 15 is 0 Å². The summed E-state index contributed by atoms with van der Waals surface area (Å²) < 4.78 is -0.738. The smallest absolute Gasteiger partial charge is 0.308 e. The second-order valence-corrected chi connectivity index (χ2v) is 11.6. The topological polar surface area (TPSA) is 98.2 Å². The van der Waals surface area contributed by atoms with E-state index in [-0.39, 0.29) is 35.6 Å². The van der Waals surface area contributed by atoms with Crippen LogP contribution in [-0.2, 0) is 14.4 Å². The molecular formula is C24H38N2O5S. The molecule has 0 aromatic heterocycles. The second kappa shape index (κ2) is 9.75. The predicted octanol–water partition coefficient (Wildman–Crippen LogP) is 2.77. The van der Waals surface area contributed by atoms with Crippen LogP contribution < -0.4 is 0 Å². The van der Waals surface area contributed by atoms with Gasteiger partial charge in [-0.2, -0.15) is 0 Å². The summed E-state index contributed by atoms with van der Waals surface area (Å²) in [6.45, 7) is 12.1. The lowest BCUT2D eigenvalue weighted by Crippen LogP contribution is -2.59. The van der Waals surface area contributed by atoms with Gasteiger partial charge in [-0.1, -0.05) is 33.3 Å². The Morgan fingerprint density at radius 2 is 2.06 bits per heavy atom. The van der Waals surface area contributed by atoms with Crippen molar-refractivity contribution in [1.82, 2.24) is 9.80 Å². The van der Waals surface area contributed by atoms with Crippen LogP contribution in [0.4, 0.5) is 0 Å². The van der Waals surface area contributed by atoms with Gasteiger partial charge < -0.3 is 20.0 Å². The molecule has 0 saturated carbocycles. The van der Waals surface area contributed by atoms with Crippen LogP contribution in [0, 0.1) is 17.8 Å². The average Bonchev–Trinajstić information content (AvgIpc) is 3.37. The Hall–Kier alpha value is -1.54. The number of aliphatic hydroxyl groups is 1. The summed E-state index contributed by atoms with van der Waals surface area (Å²) in [5.74, 6) is -2.64. The van der Waals surface area contributed by atoms with Crippen LogP contribution >= 0.6 is 11.8 Å². The molecule has 0 radical (unpaired) electrons. The maximum atomic E-state index is 14.2. The average molecular weight is 467 g/mol. The maximum absolute atomic E-state index is 14.2. The zero-order valence-corrected chi connectivity index (χ0v) is 20.5. The van der Waals surface area contributed by atoms with Gasteiger partial charge in [0, 0.05) is 17.8 Å². The summed E-state index contributed by atoms with van der Waals surface area (Å²) in [7, 11) is 0. The van der Waals surface area contributed by atoms with Crippen molar-refractivity contribution in [1.29, 1.82) is 0 Å². The van der Waals surface area contributed by atoms with E-state index in [2.05, 4.69) is 13.5 Å². The van der Waals surface area contributed by atoms with Gasteiger partial charge in [0.25, 0.3) is 0 Å². The molecule has 3 aliphatic heterocycles. The van der Waals surface area contributed by atoms with Crippen LogP contribution in [0.2, 0.25) is 0 Å². The zero-order chi connectivity index (χ0) is 23.8. The normalized spacial score (nSPS) is 32.8. The lowest BCUT2D eigenvalue weighted by molar-refractivity contribution is -0.150. The number of hydrogen-bond acceptors (Lipinski definition) is 5. The van der Waals surface area contributed by atoms with Gasteiger partial charge in [0.05, 0.1) is 29.2 Å². The highest BCUT2D eigenvalue weighted by molar-refractivity contribution is 8.02. The van der Waals surface area contributed by atoms with Crippen molar-refractivity contribution in [2.24, 2.45) is 17.8 Å². The highest BCUT2D eigenvalue weighted by Crippen LogP contribution is 2.66. The number of carboxylic acids is 1. The molecule has 0 aliphatic carbocycles. The van der Waals surface area contributed by atoms with E-state index in [0.717, 1.165) is 12.8 Å². The Balaban J connectivity index is 2.09. The summed E-state index contributed by atoms with van der Waals surface area (Å²) in [6, 6.07) is -1.28. The predicted molar refractivity (Wildman–Crippen MR) is 125 cm³/mol. The first-order valence-corrected chi connectivity index (χ1v) is 12.8. The molecule has 7 atom stereocenters. The van der Waals surface area contributed by atoms with E-state index in [0.29, 0.717) is 25.8 Å². The Kier molecular flexibility index (Phi) is 7.65. The molecule has 0 aromatic rings. The van der Waals surface area contributed by atoms with Crippen molar-refractivity contribution in [3.8, 4) is 0 Å². The molecule has 8 heteroatoms. The second-order valence-electron chi connectivity index (χ2n) is 10.0. The number of aliphatic carboxylic acids is 1. The third-order valence-electron chi connectivity index (χ3n) is 7.45. The SMILES string of the molecule is C=CCN(C(=O)C1N([C@@H](CO)CC(C)C)C(=O)[C@@H]2[C@@H](C(=O)O)[C@H]3CCC12S3)C(C)CCC. The largest absolute Gasteiger partial charge is 0.481 e. The molecule has 2 amide bonds. The number of rotatable bonds is 11. The minimum atomic E-state index is -0.956. The Bertz CT molecular complexity index is 759. The summed E-state index contributed by atoms with van der Waals surface area (Å²) in [5.41, 5.74) is 0. The van der Waals surface area contributed by atoms with E-state index in [9.17, 15) is 24.6 Å². The molecule has 3 saturated heterocycles. The van der Waals surface area contributed by atoms with Crippen LogP contribution in [0.3, 0.4) is 0 Å². The standard InChI is InChI=1S/C24H38N2O5S/c1-6-8-15(5)25(11-7-2)22(29)20-24-10-9-17(32-24)18(23(30)31)19(24)21(28)26(20)16(13-27)12-14(3)4/h7,14-20,27H,2,6,8-13H2,1,3-5H3,(H,30,31)/t15?,16-,17-,18+,19+,20?,24?/m1/s1. The fourth-order valence-electron chi connectivity index (χ4n) is 6.22. The number of carboxylic acid groups (broad SMARTS) is 1. The number of carbonyl (C=O) groups is 3. The van der Waals surface area contributed by atoms with Crippen LogP contribution in [0.25, 0.3) is 0 Å². The molecule has 7 nitrogen and oxygen atoms in total. The van der Waals surface area contributed by atoms with E-state index in [1.165, 1.54) is 11.8 Å². The molecule has 3 rings (SSSR count). The van der Waals surface area contributed by atoms with Crippen LogP contribution in [0.1, 0.15) is 59.8 Å². The van der Waals surface area contributed by atoms with Crippen molar-refractivity contribution in [3.05, 3.63) is 12.7 Å². The monoisotopic (exact) mass is 466 g/mol. The molecule has 0 aromatic carbocycles. The first kappa shape index (κ1) is 25.1. The van der Waals surface area contributed by atoms with E-state index in [1.807, 2.05) is 20.8 Å². The summed E-state index contributed by atoms with van der Waals surface area (Å²) in [6.07, 6.45) is 5.37. The molecule has 3 fully saturated rings. The number of hydrogen-bond donors (Lipinski definition) is 2. The Labute approximate surface area is 195 Å². The van der Waals surface area contributed by atoms with Crippen molar-refractivity contribution in [3.63, 3.8) is 0 Å². The quantitative estimate of drug-likeness (QED) is 0.455. The minimum Gasteiger partial charge on any atom is -0.481 e. The van der Waals surface area contributed by atoms with Crippen molar-refractivity contribution < 1.29 is 24.6 Å². The third-order valence-corrected chi connectivity index (χ3v) is 9.40. The molecule has 2 N–H and O–H groups in total. The van der Waals surface area contributed by atoms with Crippen LogP contribution in [-0.4, -0.2) is 79.1 Å². The third kappa shape index (κ3) is 3.98. The van der Waals surface area contributed by atoms with Gasteiger partial charge in [0.2, 0.25) is 11.8 Å². The number of amides is 2. The zero-order valence-electron chi connectivity index (χ0n) is 19.7. The van der Waals surface area contributed by atoms with Gasteiger partial charge in [-0.05, 0) is 38.5 Å². The number of aliphatic hydroxyl groups excluding tert-OH is 1. The van der Waals surface area contributed by atoms with Gasteiger partial charge in [0.15, 0.2) is 0 Å². The van der Waals surface area contributed by atoms with Gasteiger partial charge in [-0.3, -0.25) is 14.4 Å². The molecule has 3 unspecified atom stereocenters. The van der Waals surface area contributed by atoms with E-state index in [1.54, 1.807) is 15.9 Å². The number of nitrogens with zero attached hydrogens (tertiary/aromatic N) is 2. The molecule has 32 heavy (non-hydrogen) atoms. The van der Waals surface area contributed by atoms with Crippen LogP contribution in [0.5, 0.6) is 0 Å². The lowest BCUT2D eigenvalue weighted by atomic mass is 9.71. The van der Waals surface area contributed by atoms with E-state index in [4.69, 9.17) is 0 Å². The molecule has 1 spiro atoms. The lowest BCUT2D eigenvalue weighted by Gasteiger charge is -2.41. The van der Waals surface area contributed by atoms with Crippen LogP contribution in [0.15, 0.2) is 12.7 Å². The number of carbonyl (C=O) groups excluding carboxylic acids is 2. The van der Waals surface area contributed by atoms with E-state index < -0.39 is 34.6 Å². The van der Waals surface area contributed by atoms with Gasteiger partial charge in [-0.25, -0.2) is 0 Å². The van der Waals surface area contributed by atoms with Crippen molar-refractivity contribution >= 4 is 29.5 Å². The summed E-state index contributed by atoms with van der Waals surface area (Å²) in [4.78, 5) is 43.5. The van der Waals surface area contributed by atoms with Gasteiger partial charge >= 0.3 is 5.97 Å². The van der Waals surface area contributed by atoms with Gasteiger partial charge in [-0.15, -0.1) is 18.3 Å². The minimum absolute atomic E-state index is 0.0190. The molecule has 180 valence electrons. The highest BCUT2D eigenvalue weighted by Gasteiger charge is 2.74. The fraction of sp³-hybridized carbons (Fsp3) is 0.792. The number of likely N-dealkylation sites (tertiary alicyclic amines) is 1. The summed E-state index contributed by atoms with van der Waals surface area (Å²) >= 11 is 1.54. The number of thioether (sulfide) groups is 1. The fourth-order valence-corrected chi connectivity index (χ4v) is 8.41. The first-order chi connectivity index (χ1) is 15.1. The maximum Gasteiger partial charge on any atom is 0.308 e. The Morgan fingerprint density at radius 1 is 1.38 bits per heavy atom.